The van der Waals surface area contributed by atoms with Crippen molar-refractivity contribution >= 4 is 21.9 Å². The van der Waals surface area contributed by atoms with E-state index in [4.69, 9.17) is 0 Å². The Hall–Kier alpha value is -1.66. The Bertz CT molecular complexity index is 623. The molecule has 0 amide bonds. The van der Waals surface area contributed by atoms with E-state index in [1.807, 2.05) is 38.1 Å². The molecule has 1 unspecified atom stereocenters. The molecule has 5 nitrogen and oxygen atoms in total. The van der Waals surface area contributed by atoms with Crippen LogP contribution >= 0.6 is 15.9 Å². The second-order valence-electron chi connectivity index (χ2n) is 5.65. The Morgan fingerprint density at radius 3 is 2.64 bits per heavy atom. The van der Waals surface area contributed by atoms with Crippen LogP contribution in [0.4, 0.5) is 0 Å². The van der Waals surface area contributed by atoms with Gasteiger partial charge in [-0.25, -0.2) is 4.98 Å². The molecule has 1 heterocycles. The summed E-state index contributed by atoms with van der Waals surface area (Å²) in [6.45, 7) is 4.42. The molecule has 0 aliphatic rings. The van der Waals surface area contributed by atoms with Gasteiger partial charge in [-0.3, -0.25) is 10.1 Å². The SMILES string of the molecule is CC(C)CC(NCc1ncc(-c2ccc(Br)cc2)[nH]1)C(=O)O. The molecule has 1 aromatic carbocycles. The first-order valence-corrected chi connectivity index (χ1v) is 8.01. The van der Waals surface area contributed by atoms with Gasteiger partial charge < -0.3 is 10.1 Å². The minimum atomic E-state index is -0.826. The summed E-state index contributed by atoms with van der Waals surface area (Å²) in [6, 6.07) is 7.37. The number of nitrogens with zero attached hydrogens (tertiary/aromatic N) is 1. The predicted molar refractivity (Wildman–Crippen MR) is 89.4 cm³/mol. The summed E-state index contributed by atoms with van der Waals surface area (Å²) in [6.07, 6.45) is 2.36. The number of hydrogen-bond acceptors (Lipinski definition) is 3. The molecule has 2 aromatic rings. The average Bonchev–Trinajstić information content (AvgIpc) is 2.92. The lowest BCUT2D eigenvalue weighted by atomic mass is 10.0. The summed E-state index contributed by atoms with van der Waals surface area (Å²) in [5.74, 6) is 0.227. The smallest absolute Gasteiger partial charge is 0.320 e. The quantitative estimate of drug-likeness (QED) is 0.702. The molecule has 0 fully saturated rings. The van der Waals surface area contributed by atoms with Crippen molar-refractivity contribution in [2.75, 3.05) is 0 Å². The minimum absolute atomic E-state index is 0.323. The largest absolute Gasteiger partial charge is 0.480 e. The van der Waals surface area contributed by atoms with E-state index in [2.05, 4.69) is 31.2 Å². The standard InChI is InChI=1S/C16H20BrN3O2/c1-10(2)7-13(16(21)22)18-9-15-19-8-14(20-15)11-3-5-12(17)6-4-11/h3-6,8,10,13,18H,7,9H2,1-2H3,(H,19,20)(H,21,22). The molecule has 1 atom stereocenters. The molecule has 2 rings (SSSR count). The van der Waals surface area contributed by atoms with Crippen LogP contribution < -0.4 is 5.32 Å². The zero-order valence-electron chi connectivity index (χ0n) is 12.6. The van der Waals surface area contributed by atoms with Crippen molar-refractivity contribution in [2.45, 2.75) is 32.9 Å². The van der Waals surface area contributed by atoms with Gasteiger partial charge in [-0.15, -0.1) is 0 Å². The number of imidazole rings is 1. The summed E-state index contributed by atoms with van der Waals surface area (Å²) in [5, 5.41) is 12.3. The molecule has 6 heteroatoms. The van der Waals surface area contributed by atoms with E-state index in [0.29, 0.717) is 18.9 Å². The van der Waals surface area contributed by atoms with Crippen LogP contribution in [0.15, 0.2) is 34.9 Å². The Kier molecular flexibility index (Phi) is 5.74. The number of H-pyrrole nitrogens is 1. The molecule has 1 aromatic heterocycles. The number of hydrogen-bond donors (Lipinski definition) is 3. The number of aromatic nitrogens is 2. The fourth-order valence-corrected chi connectivity index (χ4v) is 2.46. The molecule has 0 saturated heterocycles. The van der Waals surface area contributed by atoms with E-state index in [1.54, 1.807) is 6.20 Å². The molecule has 0 saturated carbocycles. The maximum atomic E-state index is 11.2. The van der Waals surface area contributed by atoms with Crippen molar-refractivity contribution < 1.29 is 9.90 Å². The van der Waals surface area contributed by atoms with Crippen molar-refractivity contribution in [2.24, 2.45) is 5.92 Å². The molecule has 0 aliphatic carbocycles. The Labute approximate surface area is 138 Å². The zero-order valence-corrected chi connectivity index (χ0v) is 14.2. The summed E-state index contributed by atoms with van der Waals surface area (Å²) >= 11 is 3.41. The van der Waals surface area contributed by atoms with E-state index in [9.17, 15) is 9.90 Å². The van der Waals surface area contributed by atoms with Gasteiger partial charge in [0.25, 0.3) is 0 Å². The van der Waals surface area contributed by atoms with Crippen LogP contribution in [0.3, 0.4) is 0 Å². The molecule has 22 heavy (non-hydrogen) atoms. The topological polar surface area (TPSA) is 78.0 Å². The highest BCUT2D eigenvalue weighted by molar-refractivity contribution is 9.10. The van der Waals surface area contributed by atoms with Gasteiger partial charge in [-0.1, -0.05) is 41.9 Å². The highest BCUT2D eigenvalue weighted by Crippen LogP contribution is 2.20. The number of carboxylic acid groups (broad SMARTS) is 1. The number of aromatic amines is 1. The summed E-state index contributed by atoms with van der Waals surface area (Å²) < 4.78 is 1.02. The number of carbonyl (C=O) groups is 1. The predicted octanol–water partition coefficient (Wildman–Crippen LogP) is 3.43. The molecular formula is C16H20BrN3O2. The number of rotatable bonds is 7. The van der Waals surface area contributed by atoms with Gasteiger partial charge >= 0.3 is 5.97 Å². The molecule has 0 bridgehead atoms. The van der Waals surface area contributed by atoms with E-state index >= 15 is 0 Å². The second-order valence-corrected chi connectivity index (χ2v) is 6.57. The van der Waals surface area contributed by atoms with Gasteiger partial charge in [0, 0.05) is 4.47 Å². The third kappa shape index (κ3) is 4.68. The van der Waals surface area contributed by atoms with Crippen molar-refractivity contribution in [3.63, 3.8) is 0 Å². The maximum Gasteiger partial charge on any atom is 0.320 e. The van der Waals surface area contributed by atoms with Crippen molar-refractivity contribution in [3.05, 3.63) is 40.8 Å². The van der Waals surface area contributed by atoms with Gasteiger partial charge in [0.05, 0.1) is 18.4 Å². The highest BCUT2D eigenvalue weighted by Gasteiger charge is 2.18. The van der Waals surface area contributed by atoms with E-state index in [1.165, 1.54) is 0 Å². The summed E-state index contributed by atoms with van der Waals surface area (Å²) in [5.41, 5.74) is 1.96. The number of carboxylic acids is 1. The lowest BCUT2D eigenvalue weighted by Crippen LogP contribution is -2.37. The number of benzene rings is 1. The minimum Gasteiger partial charge on any atom is -0.480 e. The van der Waals surface area contributed by atoms with Crippen LogP contribution in [-0.2, 0) is 11.3 Å². The van der Waals surface area contributed by atoms with Gasteiger partial charge in [0.2, 0.25) is 0 Å². The third-order valence-electron chi connectivity index (χ3n) is 3.30. The van der Waals surface area contributed by atoms with Crippen molar-refractivity contribution in [1.82, 2.24) is 15.3 Å². The first kappa shape index (κ1) is 16.7. The normalized spacial score (nSPS) is 12.5. The average molecular weight is 366 g/mol. The van der Waals surface area contributed by atoms with Gasteiger partial charge in [0.1, 0.15) is 11.9 Å². The molecule has 118 valence electrons. The Morgan fingerprint density at radius 1 is 1.36 bits per heavy atom. The Morgan fingerprint density at radius 2 is 2.05 bits per heavy atom. The van der Waals surface area contributed by atoms with Crippen molar-refractivity contribution in [3.8, 4) is 11.3 Å². The summed E-state index contributed by atoms with van der Waals surface area (Å²) in [4.78, 5) is 18.7. The molecule has 0 spiro atoms. The zero-order chi connectivity index (χ0) is 16.1. The monoisotopic (exact) mass is 365 g/mol. The fourth-order valence-electron chi connectivity index (χ4n) is 2.19. The fraction of sp³-hybridized carbons (Fsp3) is 0.375. The van der Waals surface area contributed by atoms with E-state index in [0.717, 1.165) is 21.6 Å². The lowest BCUT2D eigenvalue weighted by molar-refractivity contribution is -0.140. The van der Waals surface area contributed by atoms with Gasteiger partial charge in [-0.05, 0) is 30.0 Å². The number of aliphatic carboxylic acids is 1. The van der Waals surface area contributed by atoms with Gasteiger partial charge in [-0.2, -0.15) is 0 Å². The Balaban J connectivity index is 1.99. The molecular weight excluding hydrogens is 346 g/mol. The molecule has 0 radical (unpaired) electrons. The van der Waals surface area contributed by atoms with E-state index < -0.39 is 12.0 Å². The van der Waals surface area contributed by atoms with Crippen LogP contribution in [0.25, 0.3) is 11.3 Å². The van der Waals surface area contributed by atoms with Crippen LogP contribution in [0.2, 0.25) is 0 Å². The first-order chi connectivity index (χ1) is 10.5. The number of halogens is 1. The van der Waals surface area contributed by atoms with Crippen LogP contribution in [0, 0.1) is 5.92 Å². The second kappa shape index (κ2) is 7.56. The van der Waals surface area contributed by atoms with Crippen LogP contribution in [0.5, 0.6) is 0 Å². The molecule has 3 N–H and O–H groups in total. The van der Waals surface area contributed by atoms with Crippen LogP contribution in [0.1, 0.15) is 26.1 Å². The highest BCUT2D eigenvalue weighted by atomic mass is 79.9. The first-order valence-electron chi connectivity index (χ1n) is 7.21. The lowest BCUT2D eigenvalue weighted by Gasteiger charge is -2.15. The van der Waals surface area contributed by atoms with E-state index in [-0.39, 0.29) is 0 Å². The molecule has 0 aliphatic heterocycles. The third-order valence-corrected chi connectivity index (χ3v) is 3.83. The van der Waals surface area contributed by atoms with Crippen molar-refractivity contribution in [1.29, 1.82) is 0 Å². The maximum absolute atomic E-state index is 11.2. The van der Waals surface area contributed by atoms with Crippen LogP contribution in [-0.4, -0.2) is 27.1 Å². The number of nitrogens with one attached hydrogen (secondary N) is 2. The van der Waals surface area contributed by atoms with Gasteiger partial charge in [0.15, 0.2) is 0 Å². The summed E-state index contributed by atoms with van der Waals surface area (Å²) in [7, 11) is 0.